The molecule has 0 heterocycles. The third-order valence-electron chi connectivity index (χ3n) is 4.25. The number of rotatable bonds is 6. The van der Waals surface area contributed by atoms with Crippen molar-refractivity contribution >= 4 is 5.78 Å². The molecule has 4 heteroatoms. The second kappa shape index (κ2) is 7.81. The fourth-order valence-electron chi connectivity index (χ4n) is 2.88. The van der Waals surface area contributed by atoms with Gasteiger partial charge >= 0.3 is 0 Å². The van der Waals surface area contributed by atoms with Gasteiger partial charge in [0.25, 0.3) is 0 Å². The first-order valence-corrected chi connectivity index (χ1v) is 8.43. The summed E-state index contributed by atoms with van der Waals surface area (Å²) in [5.41, 5.74) is 1.92. The summed E-state index contributed by atoms with van der Waals surface area (Å²) in [6.45, 7) is 7.24. The van der Waals surface area contributed by atoms with Crippen LogP contribution >= 0.6 is 0 Å². The van der Waals surface area contributed by atoms with Crippen molar-refractivity contribution in [3.8, 4) is 5.75 Å². The third kappa shape index (κ3) is 4.68. The average molecular weight is 340 g/mol. The van der Waals surface area contributed by atoms with E-state index in [0.29, 0.717) is 12.0 Å². The molecule has 1 unspecified atom stereocenters. The Hall–Kier alpha value is -2.17. The van der Waals surface area contributed by atoms with E-state index in [-0.39, 0.29) is 11.8 Å². The first kappa shape index (κ1) is 19.2. The molecule has 0 saturated heterocycles. The molecule has 133 valence electrons. The highest BCUT2D eigenvalue weighted by atomic mass is 16.5. The van der Waals surface area contributed by atoms with Gasteiger partial charge in [-0.15, -0.1) is 10.3 Å². The van der Waals surface area contributed by atoms with Gasteiger partial charge in [0, 0.05) is 11.1 Å². The van der Waals surface area contributed by atoms with E-state index in [2.05, 4.69) is 0 Å². The van der Waals surface area contributed by atoms with Gasteiger partial charge in [0.05, 0.1) is 13.2 Å². The molecule has 1 radical (unpaired) electrons. The molecular formula is C21H26NO3. The largest absolute Gasteiger partial charge is 0.497 e. The number of hydroxylamine groups is 2. The van der Waals surface area contributed by atoms with Crippen molar-refractivity contribution in [2.24, 2.45) is 0 Å². The lowest BCUT2D eigenvalue weighted by Gasteiger charge is -2.35. The summed E-state index contributed by atoms with van der Waals surface area (Å²) in [4.78, 5) is 11.9. The van der Waals surface area contributed by atoms with Crippen molar-refractivity contribution in [1.82, 2.24) is 5.06 Å². The predicted molar refractivity (Wildman–Crippen MR) is 98.2 cm³/mol. The van der Waals surface area contributed by atoms with Crippen LogP contribution in [0.1, 0.15) is 55.2 Å². The Bertz CT molecular complexity index is 717. The smallest absolute Gasteiger partial charge is 0.160 e. The Balaban J connectivity index is 2.43. The summed E-state index contributed by atoms with van der Waals surface area (Å²) < 4.78 is 5.21. The fraction of sp³-hybridized carbons (Fsp3) is 0.381. The topological polar surface area (TPSA) is 49.4 Å². The first-order chi connectivity index (χ1) is 11.7. The van der Waals surface area contributed by atoms with Crippen LogP contribution in [0.3, 0.4) is 0 Å². The molecule has 0 saturated carbocycles. The monoisotopic (exact) mass is 340 g/mol. The van der Waals surface area contributed by atoms with Crippen molar-refractivity contribution in [3.63, 3.8) is 0 Å². The number of ketones is 1. The minimum Gasteiger partial charge on any atom is -0.497 e. The number of methoxy groups -OCH3 is 1. The predicted octanol–water partition coefficient (Wildman–Crippen LogP) is 4.63. The van der Waals surface area contributed by atoms with E-state index < -0.39 is 5.54 Å². The quantitative estimate of drug-likeness (QED) is 0.569. The minimum absolute atomic E-state index is 0.0114. The summed E-state index contributed by atoms with van der Waals surface area (Å²) in [5, 5.41) is 14.1. The van der Waals surface area contributed by atoms with E-state index in [0.717, 1.165) is 21.9 Å². The van der Waals surface area contributed by atoms with Crippen molar-refractivity contribution < 1.29 is 14.7 Å². The van der Waals surface area contributed by atoms with Crippen molar-refractivity contribution in [1.29, 1.82) is 0 Å². The SMILES string of the molecule is COc1ccc(C(Cc2ccccc2C(C)=O)N([O])C(C)(C)C)cc1. The Kier molecular flexibility index (Phi) is 5.98. The van der Waals surface area contributed by atoms with Gasteiger partial charge in [-0.2, -0.15) is 0 Å². The van der Waals surface area contributed by atoms with Crippen LogP contribution in [0.4, 0.5) is 0 Å². The van der Waals surface area contributed by atoms with Gasteiger partial charge in [0.2, 0.25) is 0 Å². The Morgan fingerprint density at radius 1 is 1.08 bits per heavy atom. The molecule has 0 aliphatic heterocycles. The maximum absolute atomic E-state index is 13.0. The zero-order valence-corrected chi connectivity index (χ0v) is 15.6. The van der Waals surface area contributed by atoms with Crippen LogP contribution in [0.2, 0.25) is 0 Å². The molecule has 0 N–H and O–H groups in total. The number of Topliss-reactive ketones (excluding diaryl/α,β-unsaturated/α-hetero) is 1. The summed E-state index contributed by atoms with van der Waals surface area (Å²) in [5.74, 6) is 0.761. The number of hydrogen-bond donors (Lipinski definition) is 0. The molecule has 0 aliphatic rings. The number of hydrogen-bond acceptors (Lipinski definition) is 3. The lowest BCUT2D eigenvalue weighted by atomic mass is 9.92. The van der Waals surface area contributed by atoms with Crippen molar-refractivity contribution in [2.45, 2.75) is 45.7 Å². The van der Waals surface area contributed by atoms with E-state index in [9.17, 15) is 10.0 Å². The molecule has 2 rings (SSSR count). The first-order valence-electron chi connectivity index (χ1n) is 8.43. The van der Waals surface area contributed by atoms with Crippen LogP contribution in [0.25, 0.3) is 0 Å². The van der Waals surface area contributed by atoms with E-state index in [1.165, 1.54) is 0 Å². The standard InChI is InChI=1S/C21H26NO3/c1-15(23)19-9-7-6-8-17(19)14-20(22(24)21(2,3)4)16-10-12-18(25-5)13-11-16/h6-13,20H,14H2,1-5H3. The number of nitrogens with zero attached hydrogens (tertiary/aromatic N) is 1. The molecule has 25 heavy (non-hydrogen) atoms. The van der Waals surface area contributed by atoms with Crippen LogP contribution in [0, 0.1) is 0 Å². The molecule has 0 aliphatic carbocycles. The highest BCUT2D eigenvalue weighted by molar-refractivity contribution is 5.95. The van der Waals surface area contributed by atoms with Gasteiger partial charge in [-0.1, -0.05) is 36.4 Å². The zero-order valence-electron chi connectivity index (χ0n) is 15.6. The Morgan fingerprint density at radius 2 is 1.68 bits per heavy atom. The summed E-state index contributed by atoms with van der Waals surface area (Å²) in [7, 11) is 1.62. The Morgan fingerprint density at radius 3 is 2.20 bits per heavy atom. The number of carbonyl (C=O) groups excluding carboxylic acids is 1. The van der Waals surface area contributed by atoms with Gasteiger partial charge in [0.1, 0.15) is 5.75 Å². The molecule has 0 fully saturated rings. The van der Waals surface area contributed by atoms with E-state index in [4.69, 9.17) is 4.74 Å². The summed E-state index contributed by atoms with van der Waals surface area (Å²) in [6, 6.07) is 14.6. The fourth-order valence-corrected chi connectivity index (χ4v) is 2.88. The molecule has 2 aromatic carbocycles. The van der Waals surface area contributed by atoms with Gasteiger partial charge < -0.3 is 4.74 Å². The van der Waals surface area contributed by atoms with Gasteiger partial charge in [-0.25, -0.2) is 0 Å². The van der Waals surface area contributed by atoms with Crippen molar-refractivity contribution in [2.75, 3.05) is 7.11 Å². The van der Waals surface area contributed by atoms with E-state index in [1.54, 1.807) is 14.0 Å². The number of carbonyl (C=O) groups is 1. The molecule has 0 spiro atoms. The molecule has 2 aromatic rings. The van der Waals surface area contributed by atoms with Gasteiger partial charge in [0.15, 0.2) is 5.78 Å². The lowest BCUT2D eigenvalue weighted by Crippen LogP contribution is -2.41. The molecule has 0 bridgehead atoms. The second-order valence-corrected chi connectivity index (χ2v) is 7.20. The number of benzene rings is 2. The molecule has 0 amide bonds. The average Bonchev–Trinajstić information content (AvgIpc) is 2.58. The van der Waals surface area contributed by atoms with Crippen LogP contribution in [-0.2, 0) is 11.6 Å². The van der Waals surface area contributed by atoms with E-state index >= 15 is 0 Å². The number of ether oxygens (including phenoxy) is 1. The van der Waals surface area contributed by atoms with Crippen LogP contribution < -0.4 is 4.74 Å². The minimum atomic E-state index is -0.546. The molecule has 0 aromatic heterocycles. The highest BCUT2D eigenvalue weighted by Crippen LogP contribution is 2.31. The molecular weight excluding hydrogens is 314 g/mol. The molecule has 1 atom stereocenters. The van der Waals surface area contributed by atoms with Gasteiger partial charge in [-0.05, 0) is 57.4 Å². The third-order valence-corrected chi connectivity index (χ3v) is 4.25. The highest BCUT2D eigenvalue weighted by Gasteiger charge is 2.31. The summed E-state index contributed by atoms with van der Waals surface area (Å²) >= 11 is 0. The Labute approximate surface area is 150 Å². The zero-order chi connectivity index (χ0) is 18.6. The molecule has 4 nitrogen and oxygen atoms in total. The van der Waals surface area contributed by atoms with Crippen LogP contribution in [-0.4, -0.2) is 23.5 Å². The maximum atomic E-state index is 13.0. The summed E-state index contributed by atoms with van der Waals surface area (Å²) in [6.07, 6.45) is 0.475. The lowest BCUT2D eigenvalue weighted by molar-refractivity contribution is -0.241. The van der Waals surface area contributed by atoms with Crippen molar-refractivity contribution in [3.05, 3.63) is 65.2 Å². The second-order valence-electron chi connectivity index (χ2n) is 7.20. The van der Waals surface area contributed by atoms with Gasteiger partial charge in [-0.3, -0.25) is 4.79 Å². The van der Waals surface area contributed by atoms with Crippen LogP contribution in [0.5, 0.6) is 5.75 Å². The van der Waals surface area contributed by atoms with E-state index in [1.807, 2.05) is 69.3 Å². The normalized spacial score (nSPS) is 12.9. The maximum Gasteiger partial charge on any atom is 0.160 e. The van der Waals surface area contributed by atoms with Crippen LogP contribution in [0.15, 0.2) is 48.5 Å².